The van der Waals surface area contributed by atoms with Crippen molar-refractivity contribution in [2.24, 2.45) is 0 Å². The van der Waals surface area contributed by atoms with E-state index in [4.69, 9.17) is 0 Å². The summed E-state index contributed by atoms with van der Waals surface area (Å²) in [5.74, 6) is -0.258. The van der Waals surface area contributed by atoms with Crippen LogP contribution in [-0.2, 0) is 0 Å². The summed E-state index contributed by atoms with van der Waals surface area (Å²) >= 11 is 1.41. The van der Waals surface area contributed by atoms with Crippen molar-refractivity contribution in [3.05, 3.63) is 40.2 Å². The average molecular weight is 251 g/mol. The van der Waals surface area contributed by atoms with E-state index >= 15 is 0 Å². The van der Waals surface area contributed by atoms with Crippen LogP contribution in [-0.4, -0.2) is 10.1 Å². The highest BCUT2D eigenvalue weighted by Gasteiger charge is 2.13. The number of hydrogen-bond donors (Lipinski definition) is 1. The molecule has 0 aliphatic rings. The highest BCUT2D eigenvalue weighted by Crippen LogP contribution is 2.32. The van der Waals surface area contributed by atoms with E-state index in [0.29, 0.717) is 0 Å². The zero-order valence-electron chi connectivity index (χ0n) is 9.99. The Kier molecular flexibility index (Phi) is 3.26. The molecule has 2 rings (SSSR count). The number of aryl methyl sites for hydroxylation is 2. The van der Waals surface area contributed by atoms with Crippen LogP contribution in [0.5, 0.6) is 0 Å². The fraction of sp³-hybridized carbons (Fsp3) is 0.308. The molecular weight excluding hydrogens is 237 g/mol. The molecule has 0 amide bonds. The highest BCUT2D eigenvalue weighted by atomic mass is 32.1. The summed E-state index contributed by atoms with van der Waals surface area (Å²) in [5, 5.41) is 10.3. The molecule has 2 aromatic rings. The third-order valence-corrected chi connectivity index (χ3v) is 3.88. The first-order valence-electron chi connectivity index (χ1n) is 5.40. The Balaban J connectivity index is 2.49. The Morgan fingerprint density at radius 1 is 1.29 bits per heavy atom. The van der Waals surface area contributed by atoms with Gasteiger partial charge in [0.2, 0.25) is 0 Å². The van der Waals surface area contributed by atoms with Crippen molar-refractivity contribution < 1.29 is 9.50 Å². The van der Waals surface area contributed by atoms with Crippen molar-refractivity contribution in [2.45, 2.75) is 26.9 Å². The van der Waals surface area contributed by atoms with Gasteiger partial charge in [-0.25, -0.2) is 9.37 Å². The van der Waals surface area contributed by atoms with E-state index in [1.807, 2.05) is 19.9 Å². The maximum Gasteiger partial charge on any atom is 0.124 e. The minimum absolute atomic E-state index is 0.258. The first kappa shape index (κ1) is 12.2. The quantitative estimate of drug-likeness (QED) is 0.884. The lowest BCUT2D eigenvalue weighted by atomic mass is 10.1. The average Bonchev–Trinajstić information content (AvgIpc) is 2.59. The summed E-state index contributed by atoms with van der Waals surface area (Å²) < 4.78 is 13.3. The molecule has 0 saturated heterocycles. The topological polar surface area (TPSA) is 33.1 Å². The number of aromatic nitrogens is 1. The smallest absolute Gasteiger partial charge is 0.124 e. The second kappa shape index (κ2) is 4.55. The molecule has 90 valence electrons. The minimum Gasteiger partial charge on any atom is -0.388 e. The van der Waals surface area contributed by atoms with Gasteiger partial charge in [-0.15, -0.1) is 11.3 Å². The van der Waals surface area contributed by atoms with Crippen LogP contribution in [0.2, 0.25) is 0 Å². The molecule has 0 aliphatic heterocycles. The van der Waals surface area contributed by atoms with E-state index in [-0.39, 0.29) is 5.82 Å². The van der Waals surface area contributed by atoms with Gasteiger partial charge >= 0.3 is 0 Å². The van der Waals surface area contributed by atoms with Crippen LogP contribution in [0.25, 0.3) is 10.6 Å². The van der Waals surface area contributed by atoms with Crippen LogP contribution in [0.15, 0.2) is 18.2 Å². The third kappa shape index (κ3) is 2.53. The van der Waals surface area contributed by atoms with Gasteiger partial charge in [0.15, 0.2) is 0 Å². The number of aliphatic hydroxyl groups is 1. The number of aliphatic hydroxyl groups excluding tert-OH is 1. The van der Waals surface area contributed by atoms with Crippen molar-refractivity contribution in [2.75, 3.05) is 0 Å². The van der Waals surface area contributed by atoms with Crippen molar-refractivity contribution in [3.8, 4) is 10.6 Å². The third-order valence-electron chi connectivity index (χ3n) is 2.50. The second-order valence-corrected chi connectivity index (χ2v) is 5.19. The monoisotopic (exact) mass is 251 g/mol. The molecule has 2 nitrogen and oxygen atoms in total. The second-order valence-electron chi connectivity index (χ2n) is 4.16. The maximum absolute atomic E-state index is 13.3. The molecule has 0 spiro atoms. The van der Waals surface area contributed by atoms with Gasteiger partial charge in [-0.05, 0) is 44.5 Å². The zero-order chi connectivity index (χ0) is 12.6. The minimum atomic E-state index is -0.532. The summed E-state index contributed by atoms with van der Waals surface area (Å²) in [6.07, 6.45) is -0.532. The number of rotatable bonds is 2. The summed E-state index contributed by atoms with van der Waals surface area (Å²) in [6, 6.07) is 4.85. The fourth-order valence-corrected chi connectivity index (χ4v) is 2.77. The molecule has 0 fully saturated rings. The molecule has 1 atom stereocenters. The molecule has 1 N–H and O–H groups in total. The van der Waals surface area contributed by atoms with E-state index in [2.05, 4.69) is 4.98 Å². The van der Waals surface area contributed by atoms with Gasteiger partial charge in [0.25, 0.3) is 0 Å². The molecule has 1 aromatic carbocycles. The molecule has 0 aliphatic carbocycles. The van der Waals surface area contributed by atoms with Crippen LogP contribution in [0, 0.1) is 19.7 Å². The fourth-order valence-electron chi connectivity index (χ4n) is 1.78. The van der Waals surface area contributed by atoms with Crippen molar-refractivity contribution in [1.29, 1.82) is 0 Å². The number of halogens is 1. The van der Waals surface area contributed by atoms with Crippen LogP contribution in [0.3, 0.4) is 0 Å². The Bertz CT molecular complexity index is 528. The van der Waals surface area contributed by atoms with Gasteiger partial charge in [-0.3, -0.25) is 0 Å². The lowest BCUT2D eigenvalue weighted by Crippen LogP contribution is -1.88. The normalized spacial score (nSPS) is 12.8. The predicted octanol–water partition coefficient (Wildman–Crippen LogP) is 3.62. The molecule has 0 bridgehead atoms. The number of nitrogens with zero attached hydrogens (tertiary/aromatic N) is 1. The first-order chi connectivity index (χ1) is 7.97. The molecule has 4 heteroatoms. The van der Waals surface area contributed by atoms with Crippen LogP contribution >= 0.6 is 11.3 Å². The largest absolute Gasteiger partial charge is 0.388 e. The van der Waals surface area contributed by atoms with Gasteiger partial charge in [0, 0.05) is 5.56 Å². The first-order valence-corrected chi connectivity index (χ1v) is 6.22. The summed E-state index contributed by atoms with van der Waals surface area (Å²) in [4.78, 5) is 5.21. The van der Waals surface area contributed by atoms with Gasteiger partial charge in [0.05, 0.1) is 16.7 Å². The predicted molar refractivity (Wildman–Crippen MR) is 67.6 cm³/mol. The van der Waals surface area contributed by atoms with E-state index in [1.54, 1.807) is 6.92 Å². The van der Waals surface area contributed by atoms with Crippen LogP contribution in [0.1, 0.15) is 29.2 Å². The van der Waals surface area contributed by atoms with Crippen molar-refractivity contribution in [3.63, 3.8) is 0 Å². The highest BCUT2D eigenvalue weighted by molar-refractivity contribution is 7.15. The molecule has 0 radical (unpaired) electrons. The number of thiazole rings is 1. The van der Waals surface area contributed by atoms with E-state index in [0.717, 1.165) is 26.7 Å². The van der Waals surface area contributed by atoms with E-state index < -0.39 is 6.10 Å². The maximum atomic E-state index is 13.3. The van der Waals surface area contributed by atoms with Crippen LogP contribution in [0.4, 0.5) is 4.39 Å². The van der Waals surface area contributed by atoms with Gasteiger partial charge in [-0.2, -0.15) is 0 Å². The molecule has 1 unspecified atom stereocenters. The number of benzene rings is 1. The summed E-state index contributed by atoms with van der Waals surface area (Å²) in [7, 11) is 0. The number of hydrogen-bond acceptors (Lipinski definition) is 3. The van der Waals surface area contributed by atoms with Gasteiger partial charge in [0.1, 0.15) is 10.8 Å². The standard InChI is InChI=1S/C13H14FNOS/c1-7-4-10(6-11(14)5-7)13-15-8(2)12(17-13)9(3)16/h4-6,9,16H,1-3H3. The lowest BCUT2D eigenvalue weighted by Gasteiger charge is -2.00. The Morgan fingerprint density at radius 3 is 2.53 bits per heavy atom. The lowest BCUT2D eigenvalue weighted by molar-refractivity contribution is 0.202. The molecule has 1 heterocycles. The van der Waals surface area contributed by atoms with Gasteiger partial charge in [-0.1, -0.05) is 0 Å². The molecular formula is C13H14FNOS. The van der Waals surface area contributed by atoms with Crippen LogP contribution < -0.4 is 0 Å². The Morgan fingerprint density at radius 2 is 2.00 bits per heavy atom. The summed E-state index contributed by atoms with van der Waals surface area (Å²) in [5.41, 5.74) is 2.44. The van der Waals surface area contributed by atoms with Crippen molar-refractivity contribution in [1.82, 2.24) is 4.98 Å². The SMILES string of the molecule is Cc1cc(F)cc(-c2nc(C)c(C(C)O)s2)c1. The van der Waals surface area contributed by atoms with Gasteiger partial charge < -0.3 is 5.11 Å². The molecule has 0 saturated carbocycles. The Labute approximate surface area is 104 Å². The summed E-state index contributed by atoms with van der Waals surface area (Å²) in [6.45, 7) is 5.41. The van der Waals surface area contributed by atoms with E-state index in [9.17, 15) is 9.50 Å². The van der Waals surface area contributed by atoms with E-state index in [1.165, 1.54) is 23.5 Å². The van der Waals surface area contributed by atoms with Crippen molar-refractivity contribution >= 4 is 11.3 Å². The zero-order valence-corrected chi connectivity index (χ0v) is 10.8. The Hall–Kier alpha value is -1.26. The molecule has 17 heavy (non-hydrogen) atoms. The molecule has 1 aromatic heterocycles.